The van der Waals surface area contributed by atoms with Crippen molar-refractivity contribution in [3.8, 4) is 0 Å². The van der Waals surface area contributed by atoms with Crippen LogP contribution in [0.5, 0.6) is 0 Å². The fourth-order valence-electron chi connectivity index (χ4n) is 2.67. The second-order valence-electron chi connectivity index (χ2n) is 5.83. The molecule has 0 aliphatic heterocycles. The minimum absolute atomic E-state index is 0.265. The van der Waals surface area contributed by atoms with Crippen LogP contribution in [0.2, 0.25) is 0 Å². The zero-order valence-corrected chi connectivity index (χ0v) is 11.0. The lowest BCUT2D eigenvalue weighted by atomic mass is 9.95. The predicted molar refractivity (Wildman–Crippen MR) is 69.6 cm³/mol. The molecule has 0 spiro atoms. The lowest BCUT2D eigenvalue weighted by molar-refractivity contribution is -0.149. The molecule has 0 saturated heterocycles. The molecule has 0 aromatic heterocycles. The molecule has 106 valence electrons. The molecule has 2 aliphatic carbocycles. The normalized spacial score (nSPS) is 21.1. The number of carbonyl (C=O) groups is 2. The fourth-order valence-corrected chi connectivity index (χ4v) is 2.67. The van der Waals surface area contributed by atoms with E-state index in [9.17, 15) is 14.0 Å². The van der Waals surface area contributed by atoms with Crippen molar-refractivity contribution in [3.63, 3.8) is 0 Å². The summed E-state index contributed by atoms with van der Waals surface area (Å²) in [7, 11) is 0. The monoisotopic (exact) mass is 277 g/mol. The van der Waals surface area contributed by atoms with Crippen molar-refractivity contribution in [3.05, 3.63) is 35.6 Å². The van der Waals surface area contributed by atoms with Crippen LogP contribution in [0.25, 0.3) is 0 Å². The Labute approximate surface area is 116 Å². The van der Waals surface area contributed by atoms with Crippen LogP contribution in [-0.2, 0) is 15.0 Å². The number of carboxylic acid groups (broad SMARTS) is 1. The van der Waals surface area contributed by atoms with Gasteiger partial charge in [-0.05, 0) is 37.3 Å². The standard InChI is InChI=1S/C15H16FNO3/c16-11-4-2-1-3-10(11)14(5-6-14)9-17-12(18)15(7-8-15)13(19)20/h1-4H,5-9H2,(H,17,18)(H,19,20). The highest BCUT2D eigenvalue weighted by molar-refractivity contribution is 6.04. The van der Waals surface area contributed by atoms with Crippen molar-refractivity contribution in [2.45, 2.75) is 31.1 Å². The lowest BCUT2D eigenvalue weighted by Gasteiger charge is -2.19. The number of halogens is 1. The van der Waals surface area contributed by atoms with E-state index < -0.39 is 17.3 Å². The Morgan fingerprint density at radius 2 is 1.85 bits per heavy atom. The first-order valence-electron chi connectivity index (χ1n) is 6.77. The number of amides is 1. The smallest absolute Gasteiger partial charge is 0.319 e. The maximum Gasteiger partial charge on any atom is 0.319 e. The SMILES string of the molecule is O=C(O)C1(C(=O)NCC2(c3ccccc3F)CC2)CC1. The van der Waals surface area contributed by atoms with Gasteiger partial charge in [-0.15, -0.1) is 0 Å². The van der Waals surface area contributed by atoms with E-state index >= 15 is 0 Å². The van der Waals surface area contributed by atoms with Crippen LogP contribution in [-0.4, -0.2) is 23.5 Å². The van der Waals surface area contributed by atoms with Gasteiger partial charge in [0.2, 0.25) is 5.91 Å². The maximum absolute atomic E-state index is 13.8. The van der Waals surface area contributed by atoms with Crippen LogP contribution in [0.1, 0.15) is 31.2 Å². The van der Waals surface area contributed by atoms with E-state index in [0.29, 0.717) is 24.9 Å². The highest BCUT2D eigenvalue weighted by Crippen LogP contribution is 2.50. The minimum atomic E-state index is -1.23. The first-order valence-corrected chi connectivity index (χ1v) is 6.77. The van der Waals surface area contributed by atoms with E-state index in [1.807, 2.05) is 0 Å². The van der Waals surface area contributed by atoms with E-state index in [1.54, 1.807) is 18.2 Å². The van der Waals surface area contributed by atoms with Gasteiger partial charge in [0.25, 0.3) is 0 Å². The summed E-state index contributed by atoms with van der Waals surface area (Å²) in [6.45, 7) is 0.307. The molecule has 0 heterocycles. The zero-order valence-electron chi connectivity index (χ0n) is 11.0. The molecule has 1 aromatic carbocycles. The van der Waals surface area contributed by atoms with Gasteiger partial charge >= 0.3 is 5.97 Å². The average Bonchev–Trinajstić information content (AvgIpc) is 3.31. The summed E-state index contributed by atoms with van der Waals surface area (Å²) in [6, 6.07) is 6.56. The van der Waals surface area contributed by atoms with Gasteiger partial charge in [0.1, 0.15) is 11.2 Å². The highest BCUT2D eigenvalue weighted by atomic mass is 19.1. The number of rotatable bonds is 5. The Morgan fingerprint density at radius 3 is 2.35 bits per heavy atom. The number of aliphatic carboxylic acids is 1. The molecule has 3 rings (SSSR count). The molecule has 0 atom stereocenters. The number of carboxylic acids is 1. The molecule has 1 aromatic rings. The highest BCUT2D eigenvalue weighted by Gasteiger charge is 2.57. The Balaban J connectivity index is 1.69. The van der Waals surface area contributed by atoms with Crippen molar-refractivity contribution < 1.29 is 19.1 Å². The summed E-state index contributed by atoms with van der Waals surface area (Å²) in [5, 5.41) is 11.8. The van der Waals surface area contributed by atoms with E-state index in [4.69, 9.17) is 5.11 Å². The molecular weight excluding hydrogens is 261 g/mol. The molecule has 2 saturated carbocycles. The second-order valence-corrected chi connectivity index (χ2v) is 5.83. The summed E-state index contributed by atoms with van der Waals surface area (Å²) in [5.41, 5.74) is -0.971. The summed E-state index contributed by atoms with van der Waals surface area (Å²) >= 11 is 0. The average molecular weight is 277 g/mol. The first-order chi connectivity index (χ1) is 9.50. The topological polar surface area (TPSA) is 66.4 Å². The fraction of sp³-hybridized carbons (Fsp3) is 0.467. The number of nitrogens with one attached hydrogen (secondary N) is 1. The number of hydrogen-bond acceptors (Lipinski definition) is 2. The third-order valence-corrected chi connectivity index (χ3v) is 4.48. The van der Waals surface area contributed by atoms with Crippen molar-refractivity contribution in [2.75, 3.05) is 6.54 Å². The van der Waals surface area contributed by atoms with Gasteiger partial charge in [0.05, 0.1) is 0 Å². The van der Waals surface area contributed by atoms with E-state index in [0.717, 1.165) is 12.8 Å². The molecule has 0 radical (unpaired) electrons. The minimum Gasteiger partial charge on any atom is -0.480 e. The molecule has 2 fully saturated rings. The molecule has 0 unspecified atom stereocenters. The van der Waals surface area contributed by atoms with Crippen LogP contribution < -0.4 is 5.32 Å². The summed E-state index contributed by atoms with van der Waals surface area (Å²) < 4.78 is 13.8. The van der Waals surface area contributed by atoms with Crippen LogP contribution in [0.4, 0.5) is 4.39 Å². The van der Waals surface area contributed by atoms with Gasteiger partial charge < -0.3 is 10.4 Å². The van der Waals surface area contributed by atoms with Crippen LogP contribution in [0.3, 0.4) is 0 Å². The summed E-state index contributed by atoms with van der Waals surface area (Å²) in [5.74, 6) is -1.77. The van der Waals surface area contributed by atoms with Gasteiger partial charge in [0.15, 0.2) is 0 Å². The third-order valence-electron chi connectivity index (χ3n) is 4.48. The molecule has 20 heavy (non-hydrogen) atoms. The molecule has 1 amide bonds. The molecule has 0 bridgehead atoms. The maximum atomic E-state index is 13.8. The lowest BCUT2D eigenvalue weighted by Crippen LogP contribution is -2.40. The van der Waals surface area contributed by atoms with E-state index in [1.165, 1.54) is 6.07 Å². The second kappa shape index (κ2) is 4.30. The Morgan fingerprint density at radius 1 is 1.20 bits per heavy atom. The molecular formula is C15H16FNO3. The van der Waals surface area contributed by atoms with Gasteiger partial charge in [-0.1, -0.05) is 18.2 Å². The van der Waals surface area contributed by atoms with Crippen molar-refractivity contribution in [1.29, 1.82) is 0 Å². The summed E-state index contributed by atoms with van der Waals surface area (Å²) in [6.07, 6.45) is 2.41. The molecule has 2 N–H and O–H groups in total. The van der Waals surface area contributed by atoms with Gasteiger partial charge in [-0.2, -0.15) is 0 Å². The Hall–Kier alpha value is -1.91. The number of benzene rings is 1. The quantitative estimate of drug-likeness (QED) is 0.807. The third kappa shape index (κ3) is 1.97. The predicted octanol–water partition coefficient (Wildman–Crippen LogP) is 1.84. The zero-order chi connectivity index (χ0) is 14.4. The first kappa shape index (κ1) is 13.1. The van der Waals surface area contributed by atoms with Crippen molar-refractivity contribution in [2.24, 2.45) is 5.41 Å². The van der Waals surface area contributed by atoms with Gasteiger partial charge in [-0.3, -0.25) is 9.59 Å². The molecule has 5 heteroatoms. The number of carbonyl (C=O) groups excluding carboxylic acids is 1. The largest absolute Gasteiger partial charge is 0.480 e. The van der Waals surface area contributed by atoms with Crippen molar-refractivity contribution >= 4 is 11.9 Å². The Bertz CT molecular complexity index is 576. The van der Waals surface area contributed by atoms with Crippen LogP contribution >= 0.6 is 0 Å². The summed E-state index contributed by atoms with van der Waals surface area (Å²) in [4.78, 5) is 23.0. The molecule has 2 aliphatic rings. The van der Waals surface area contributed by atoms with Crippen LogP contribution in [0.15, 0.2) is 24.3 Å². The van der Waals surface area contributed by atoms with Crippen LogP contribution in [0, 0.1) is 11.2 Å². The van der Waals surface area contributed by atoms with Gasteiger partial charge in [-0.25, -0.2) is 4.39 Å². The van der Waals surface area contributed by atoms with Gasteiger partial charge in [0, 0.05) is 12.0 Å². The molecule has 4 nitrogen and oxygen atoms in total. The van der Waals surface area contributed by atoms with E-state index in [-0.39, 0.29) is 11.2 Å². The van der Waals surface area contributed by atoms with E-state index in [2.05, 4.69) is 5.32 Å². The van der Waals surface area contributed by atoms with Crippen molar-refractivity contribution in [1.82, 2.24) is 5.32 Å². The number of hydrogen-bond donors (Lipinski definition) is 2. The Kier molecular flexibility index (Phi) is 2.81.